The molecule has 4 rings (SSSR count). The lowest BCUT2D eigenvalue weighted by Gasteiger charge is -2.40. The molecule has 13 heteroatoms. The highest BCUT2D eigenvalue weighted by molar-refractivity contribution is 7.93. The molecular weight excluding hydrogens is 559 g/mol. The highest BCUT2D eigenvalue weighted by Crippen LogP contribution is 2.35. The molecule has 0 spiro atoms. The van der Waals surface area contributed by atoms with Crippen molar-refractivity contribution in [3.05, 3.63) is 82.5 Å². The number of aromatic nitrogens is 1. The third-order valence-corrected chi connectivity index (χ3v) is 9.12. The number of alkyl halides is 3. The summed E-state index contributed by atoms with van der Waals surface area (Å²) < 4.78 is 67.4. The van der Waals surface area contributed by atoms with Crippen molar-refractivity contribution in [2.75, 3.05) is 25.0 Å². The Morgan fingerprint density at radius 3 is 2.39 bits per heavy atom. The predicted molar refractivity (Wildman–Crippen MR) is 148 cm³/mol. The molecule has 0 saturated carbocycles. The van der Waals surface area contributed by atoms with Crippen molar-refractivity contribution in [3.8, 4) is 0 Å². The number of rotatable bonds is 7. The Balaban J connectivity index is 1.55. The quantitative estimate of drug-likeness (QED) is 0.491. The van der Waals surface area contributed by atoms with E-state index < -0.39 is 46.2 Å². The zero-order chi connectivity index (χ0) is 29.8. The Morgan fingerprint density at radius 1 is 1.07 bits per heavy atom. The van der Waals surface area contributed by atoms with Gasteiger partial charge in [-0.15, -0.1) is 0 Å². The lowest BCUT2D eigenvalue weighted by molar-refractivity contribution is -0.126. The molecule has 2 heterocycles. The molecule has 0 bridgehead atoms. The fourth-order valence-corrected chi connectivity index (χ4v) is 6.36. The van der Waals surface area contributed by atoms with Crippen LogP contribution < -0.4 is 10.6 Å². The van der Waals surface area contributed by atoms with E-state index in [2.05, 4.69) is 29.5 Å². The number of hydrogen-bond donors (Lipinski definition) is 2. The van der Waals surface area contributed by atoms with Crippen molar-refractivity contribution in [1.82, 2.24) is 19.5 Å². The van der Waals surface area contributed by atoms with Crippen LogP contribution in [0.15, 0.2) is 71.4 Å². The number of nitrogens with one attached hydrogen (secondary N) is 2. The van der Waals surface area contributed by atoms with Gasteiger partial charge in [-0.1, -0.05) is 44.2 Å². The maximum absolute atomic E-state index is 13.6. The van der Waals surface area contributed by atoms with E-state index in [9.17, 15) is 31.2 Å². The summed E-state index contributed by atoms with van der Waals surface area (Å²) in [6.45, 7) is 3.77. The molecule has 41 heavy (non-hydrogen) atoms. The van der Waals surface area contributed by atoms with Crippen molar-refractivity contribution in [2.24, 2.45) is 0 Å². The smallest absolute Gasteiger partial charge is 0.351 e. The Bertz CT molecular complexity index is 1420. The minimum absolute atomic E-state index is 0.0251. The van der Waals surface area contributed by atoms with E-state index in [1.54, 1.807) is 18.3 Å². The van der Waals surface area contributed by atoms with Crippen LogP contribution in [0.3, 0.4) is 0 Å². The van der Waals surface area contributed by atoms with Gasteiger partial charge < -0.3 is 15.5 Å². The van der Waals surface area contributed by atoms with E-state index >= 15 is 0 Å². The number of amides is 3. The van der Waals surface area contributed by atoms with E-state index in [4.69, 9.17) is 0 Å². The SMILES string of the molecule is CC(C)c1ccc(CNC(=O)[C@H]2CN(C(=O)Nc3cccnc3)CCN2S(=O)(=O)C2=CC=C(C(F)(F)F)CC2)cc1. The summed E-state index contributed by atoms with van der Waals surface area (Å²) in [6, 6.07) is 9.09. The lowest BCUT2D eigenvalue weighted by atomic mass is 10.0. The minimum atomic E-state index is -4.55. The molecule has 2 aromatic rings. The van der Waals surface area contributed by atoms with Crippen LogP contribution in [0.1, 0.15) is 43.7 Å². The number of urea groups is 1. The van der Waals surface area contributed by atoms with Crippen LogP contribution in [0.5, 0.6) is 0 Å². The third-order valence-electron chi connectivity index (χ3n) is 7.06. The number of nitrogens with zero attached hydrogens (tertiary/aromatic N) is 3. The summed E-state index contributed by atoms with van der Waals surface area (Å²) in [7, 11) is -4.30. The molecule has 2 N–H and O–H groups in total. The number of benzene rings is 1. The normalized spacial score (nSPS) is 18.5. The number of anilines is 1. The van der Waals surface area contributed by atoms with Gasteiger partial charge in [0.15, 0.2) is 0 Å². The van der Waals surface area contributed by atoms with E-state index in [1.807, 2.05) is 24.3 Å². The molecule has 1 aliphatic heterocycles. The van der Waals surface area contributed by atoms with Crippen molar-refractivity contribution >= 4 is 27.6 Å². The number of halogens is 3. The number of allylic oxidation sites excluding steroid dienone is 4. The van der Waals surface area contributed by atoms with Crippen molar-refractivity contribution < 1.29 is 31.2 Å². The van der Waals surface area contributed by atoms with E-state index in [1.165, 1.54) is 11.1 Å². The van der Waals surface area contributed by atoms with Crippen LogP contribution in [0.4, 0.5) is 23.7 Å². The Kier molecular flexibility index (Phi) is 9.17. The maximum atomic E-state index is 13.6. The number of hydrogen-bond acceptors (Lipinski definition) is 5. The molecule has 3 amide bonds. The van der Waals surface area contributed by atoms with Gasteiger partial charge in [0.2, 0.25) is 15.9 Å². The van der Waals surface area contributed by atoms with Gasteiger partial charge in [-0.05, 0) is 48.1 Å². The van der Waals surface area contributed by atoms with Crippen LogP contribution >= 0.6 is 0 Å². The van der Waals surface area contributed by atoms with Crippen LogP contribution in [0.25, 0.3) is 0 Å². The molecule has 1 aromatic heterocycles. The number of piperazine rings is 1. The molecule has 1 atom stereocenters. The highest BCUT2D eigenvalue weighted by atomic mass is 32.2. The van der Waals surface area contributed by atoms with E-state index in [0.717, 1.165) is 27.6 Å². The van der Waals surface area contributed by atoms with Crippen molar-refractivity contribution in [2.45, 2.75) is 51.4 Å². The molecule has 1 aliphatic carbocycles. The summed E-state index contributed by atoms with van der Waals surface area (Å²) in [5.41, 5.74) is 1.55. The molecule has 1 aromatic carbocycles. The first-order valence-electron chi connectivity index (χ1n) is 13.2. The second-order valence-corrected chi connectivity index (χ2v) is 12.1. The number of pyridine rings is 1. The van der Waals surface area contributed by atoms with Gasteiger partial charge in [-0.2, -0.15) is 17.5 Å². The Hall–Kier alpha value is -3.71. The van der Waals surface area contributed by atoms with E-state index in [0.29, 0.717) is 11.6 Å². The highest BCUT2D eigenvalue weighted by Gasteiger charge is 2.43. The minimum Gasteiger partial charge on any atom is -0.351 e. The van der Waals surface area contributed by atoms with Gasteiger partial charge in [-0.3, -0.25) is 9.78 Å². The molecule has 1 saturated heterocycles. The molecule has 9 nitrogen and oxygen atoms in total. The molecule has 1 fully saturated rings. The average Bonchev–Trinajstić information content (AvgIpc) is 2.96. The second-order valence-electron chi connectivity index (χ2n) is 10.2. The molecule has 220 valence electrons. The summed E-state index contributed by atoms with van der Waals surface area (Å²) >= 11 is 0. The lowest BCUT2D eigenvalue weighted by Crippen LogP contribution is -2.62. The van der Waals surface area contributed by atoms with E-state index in [-0.39, 0.29) is 37.5 Å². The first-order valence-corrected chi connectivity index (χ1v) is 14.6. The summed E-state index contributed by atoms with van der Waals surface area (Å²) in [5.74, 6) is -0.289. The van der Waals surface area contributed by atoms with Crippen molar-refractivity contribution in [3.63, 3.8) is 0 Å². The largest absolute Gasteiger partial charge is 0.412 e. The van der Waals surface area contributed by atoms with Gasteiger partial charge in [0.25, 0.3) is 0 Å². The standard InChI is InChI=1S/C28H32F3N5O4S/c1-19(2)21-7-5-20(6-8-21)16-33-26(37)25-18-35(27(38)34-23-4-3-13-32-17-23)14-15-36(25)41(39,40)24-11-9-22(10-12-24)28(29,30)31/h3-9,11,13,17,19,25H,10,12,14-16,18H2,1-2H3,(H,33,37)(H,34,38)/t25-/m1/s1. The Labute approximate surface area is 237 Å². The monoisotopic (exact) mass is 591 g/mol. The first kappa shape index (κ1) is 30.3. The predicted octanol–water partition coefficient (Wildman–Crippen LogP) is 4.54. The van der Waals surface area contributed by atoms with Crippen LogP contribution in [-0.2, 0) is 21.4 Å². The number of carbonyl (C=O) groups is 2. The van der Waals surface area contributed by atoms with Crippen LogP contribution in [-0.4, -0.2) is 66.4 Å². The summed E-state index contributed by atoms with van der Waals surface area (Å²) in [4.78, 5) is 31.5. The first-order chi connectivity index (χ1) is 19.4. The number of carbonyl (C=O) groups excluding carboxylic acids is 2. The topological polar surface area (TPSA) is 112 Å². The fraction of sp³-hybridized carbons (Fsp3) is 0.393. The molecule has 0 radical (unpaired) electrons. The van der Waals surface area contributed by atoms with Gasteiger partial charge in [0, 0.05) is 37.9 Å². The number of sulfonamides is 1. The average molecular weight is 592 g/mol. The maximum Gasteiger partial charge on any atom is 0.412 e. The summed E-state index contributed by atoms with van der Waals surface area (Å²) in [5, 5.41) is 5.44. The Morgan fingerprint density at radius 2 is 1.80 bits per heavy atom. The molecular formula is C28H32F3N5O4S. The molecule has 2 aliphatic rings. The second kappa shape index (κ2) is 12.4. The van der Waals surface area contributed by atoms with Crippen molar-refractivity contribution in [1.29, 1.82) is 0 Å². The zero-order valence-electron chi connectivity index (χ0n) is 22.7. The van der Waals surface area contributed by atoms with Gasteiger partial charge in [-0.25, -0.2) is 13.2 Å². The molecule has 0 unspecified atom stereocenters. The van der Waals surface area contributed by atoms with Gasteiger partial charge in [0.1, 0.15) is 6.04 Å². The third kappa shape index (κ3) is 7.33. The zero-order valence-corrected chi connectivity index (χ0v) is 23.5. The van der Waals surface area contributed by atoms with Crippen LogP contribution in [0, 0.1) is 0 Å². The fourth-order valence-electron chi connectivity index (χ4n) is 4.64. The van der Waals surface area contributed by atoms with Gasteiger partial charge in [0.05, 0.1) is 16.8 Å². The van der Waals surface area contributed by atoms with Crippen LogP contribution in [0.2, 0.25) is 0 Å². The summed E-state index contributed by atoms with van der Waals surface area (Å²) in [6.07, 6.45) is -0.654. The van der Waals surface area contributed by atoms with Gasteiger partial charge >= 0.3 is 12.2 Å².